The molecule has 1 aromatic rings. The predicted octanol–water partition coefficient (Wildman–Crippen LogP) is 1.12. The summed E-state index contributed by atoms with van der Waals surface area (Å²) in [5.41, 5.74) is 0.673. The number of benzene rings is 1. The maximum Gasteiger partial charge on any atom is 0.172 e. The van der Waals surface area contributed by atoms with Gasteiger partial charge in [-0.05, 0) is 12.1 Å². The van der Waals surface area contributed by atoms with Gasteiger partial charge in [-0.1, -0.05) is 0 Å². The van der Waals surface area contributed by atoms with E-state index in [0.717, 1.165) is 0 Å². The summed E-state index contributed by atoms with van der Waals surface area (Å²) in [4.78, 5) is 22.1. The van der Waals surface area contributed by atoms with Crippen LogP contribution in [-0.2, 0) is 9.47 Å². The van der Waals surface area contributed by atoms with Crippen molar-refractivity contribution in [1.82, 2.24) is 0 Å². The standard InChI is InChI=1S/C14H16O6/c15-9-11-1-2-12(10-16)14-13(11)19-7-5-17-3-4-18-6-8-20-14/h1-2,9-10H,3-8H2. The van der Waals surface area contributed by atoms with Crippen molar-refractivity contribution >= 4 is 12.6 Å². The van der Waals surface area contributed by atoms with E-state index in [1.165, 1.54) is 12.1 Å². The van der Waals surface area contributed by atoms with Crippen LogP contribution in [0.2, 0.25) is 0 Å². The van der Waals surface area contributed by atoms with E-state index in [-0.39, 0.29) is 24.7 Å². The lowest BCUT2D eigenvalue weighted by molar-refractivity contribution is 0.0221. The summed E-state index contributed by atoms with van der Waals surface area (Å²) in [6, 6.07) is 3.06. The molecule has 0 N–H and O–H groups in total. The average Bonchev–Trinajstić information content (AvgIpc) is 2.47. The van der Waals surface area contributed by atoms with Crippen LogP contribution < -0.4 is 9.47 Å². The number of ether oxygens (including phenoxy) is 4. The van der Waals surface area contributed by atoms with Gasteiger partial charge >= 0.3 is 0 Å². The van der Waals surface area contributed by atoms with Crippen molar-refractivity contribution in [2.24, 2.45) is 0 Å². The molecule has 1 heterocycles. The fourth-order valence-corrected chi connectivity index (χ4v) is 1.80. The van der Waals surface area contributed by atoms with E-state index in [9.17, 15) is 9.59 Å². The molecule has 0 fully saturated rings. The summed E-state index contributed by atoms with van der Waals surface area (Å²) < 4.78 is 21.7. The third-order valence-corrected chi connectivity index (χ3v) is 2.75. The van der Waals surface area contributed by atoms with E-state index in [4.69, 9.17) is 18.9 Å². The Balaban J connectivity index is 2.30. The molecule has 1 aliphatic rings. The minimum Gasteiger partial charge on any atom is -0.487 e. The van der Waals surface area contributed by atoms with Crippen molar-refractivity contribution in [3.8, 4) is 11.5 Å². The van der Waals surface area contributed by atoms with Crippen molar-refractivity contribution in [2.45, 2.75) is 0 Å². The lowest BCUT2D eigenvalue weighted by Crippen LogP contribution is -2.17. The summed E-state index contributed by atoms with van der Waals surface area (Å²) in [6.07, 6.45) is 1.33. The Bertz CT molecular complexity index is 428. The molecule has 0 amide bonds. The molecular formula is C14H16O6. The zero-order valence-corrected chi connectivity index (χ0v) is 11.0. The lowest BCUT2D eigenvalue weighted by Gasteiger charge is -2.17. The summed E-state index contributed by atoms with van der Waals surface area (Å²) in [6.45, 7) is 2.22. The highest BCUT2D eigenvalue weighted by atomic mass is 16.6. The number of carbonyl (C=O) groups excluding carboxylic acids is 2. The van der Waals surface area contributed by atoms with Gasteiger partial charge in [0.05, 0.1) is 37.6 Å². The minimum absolute atomic E-state index is 0.263. The topological polar surface area (TPSA) is 71.1 Å². The van der Waals surface area contributed by atoms with Gasteiger partial charge in [0, 0.05) is 0 Å². The Morgan fingerprint density at radius 1 is 0.700 bits per heavy atom. The normalized spacial score (nSPS) is 16.6. The first-order chi connectivity index (χ1) is 9.86. The Labute approximate surface area is 116 Å². The Hall–Kier alpha value is -1.92. The van der Waals surface area contributed by atoms with Gasteiger partial charge in [-0.3, -0.25) is 9.59 Å². The molecule has 0 saturated carbocycles. The second-order valence-electron chi connectivity index (χ2n) is 4.06. The smallest absolute Gasteiger partial charge is 0.172 e. The zero-order valence-electron chi connectivity index (χ0n) is 11.0. The van der Waals surface area contributed by atoms with Crippen molar-refractivity contribution in [1.29, 1.82) is 0 Å². The first kappa shape index (κ1) is 14.5. The number of rotatable bonds is 2. The summed E-state index contributed by atoms with van der Waals surface area (Å²) in [5, 5.41) is 0. The van der Waals surface area contributed by atoms with E-state index < -0.39 is 0 Å². The second kappa shape index (κ2) is 7.62. The van der Waals surface area contributed by atoms with Crippen molar-refractivity contribution in [2.75, 3.05) is 39.6 Å². The molecule has 0 saturated heterocycles. The molecule has 0 aromatic heterocycles. The highest BCUT2D eigenvalue weighted by Crippen LogP contribution is 2.33. The average molecular weight is 280 g/mol. The minimum atomic E-state index is 0.263. The molecule has 0 radical (unpaired) electrons. The van der Waals surface area contributed by atoms with E-state index in [1.807, 2.05) is 0 Å². The van der Waals surface area contributed by atoms with E-state index in [2.05, 4.69) is 0 Å². The van der Waals surface area contributed by atoms with Crippen molar-refractivity contribution in [3.05, 3.63) is 23.3 Å². The van der Waals surface area contributed by atoms with Crippen LogP contribution in [0.15, 0.2) is 12.1 Å². The Kier molecular flexibility index (Phi) is 5.52. The zero-order chi connectivity index (χ0) is 14.2. The maximum atomic E-state index is 11.1. The molecule has 108 valence electrons. The molecule has 6 heteroatoms. The van der Waals surface area contributed by atoms with Gasteiger partial charge in [-0.2, -0.15) is 0 Å². The fourth-order valence-electron chi connectivity index (χ4n) is 1.80. The van der Waals surface area contributed by atoms with E-state index >= 15 is 0 Å². The van der Waals surface area contributed by atoms with Gasteiger partial charge in [-0.25, -0.2) is 0 Å². The first-order valence-corrected chi connectivity index (χ1v) is 6.35. The molecule has 20 heavy (non-hydrogen) atoms. The third kappa shape index (κ3) is 3.55. The van der Waals surface area contributed by atoms with Crippen LogP contribution in [0.3, 0.4) is 0 Å². The van der Waals surface area contributed by atoms with Gasteiger partial charge in [0.25, 0.3) is 0 Å². The van der Waals surface area contributed by atoms with Crippen LogP contribution >= 0.6 is 0 Å². The van der Waals surface area contributed by atoms with Crippen LogP contribution in [0.1, 0.15) is 20.7 Å². The number of hydrogen-bond donors (Lipinski definition) is 0. The number of fused-ring (bicyclic) bond motifs is 1. The van der Waals surface area contributed by atoms with E-state index in [1.54, 1.807) is 0 Å². The molecule has 0 atom stereocenters. The number of hydrogen-bond acceptors (Lipinski definition) is 6. The van der Waals surface area contributed by atoms with Gasteiger partial charge in [-0.15, -0.1) is 0 Å². The Morgan fingerprint density at radius 2 is 1.10 bits per heavy atom. The summed E-state index contributed by atoms with van der Waals surface area (Å²) in [5.74, 6) is 0.544. The predicted molar refractivity (Wildman–Crippen MR) is 69.8 cm³/mol. The molecule has 2 rings (SSSR count). The summed E-state index contributed by atoms with van der Waals surface area (Å²) in [7, 11) is 0. The highest BCUT2D eigenvalue weighted by Gasteiger charge is 2.16. The largest absolute Gasteiger partial charge is 0.487 e. The van der Waals surface area contributed by atoms with Gasteiger partial charge in [0.15, 0.2) is 24.1 Å². The monoisotopic (exact) mass is 280 g/mol. The number of aldehydes is 2. The van der Waals surface area contributed by atoms with Gasteiger partial charge in [0.2, 0.25) is 0 Å². The molecule has 0 bridgehead atoms. The fraction of sp³-hybridized carbons (Fsp3) is 0.429. The van der Waals surface area contributed by atoms with Crippen LogP contribution in [-0.4, -0.2) is 52.2 Å². The van der Waals surface area contributed by atoms with Crippen LogP contribution in [0, 0.1) is 0 Å². The molecule has 0 aliphatic carbocycles. The van der Waals surface area contributed by atoms with Crippen LogP contribution in [0.5, 0.6) is 11.5 Å². The van der Waals surface area contributed by atoms with Crippen molar-refractivity contribution in [3.63, 3.8) is 0 Å². The first-order valence-electron chi connectivity index (χ1n) is 6.35. The second-order valence-corrected chi connectivity index (χ2v) is 4.06. The SMILES string of the molecule is O=Cc1ccc(C=O)c2c1OCCOCCOCCO2. The highest BCUT2D eigenvalue weighted by molar-refractivity contribution is 5.88. The molecule has 1 aliphatic heterocycles. The van der Waals surface area contributed by atoms with E-state index in [0.29, 0.717) is 50.1 Å². The molecule has 0 unspecified atom stereocenters. The van der Waals surface area contributed by atoms with Gasteiger partial charge < -0.3 is 18.9 Å². The quantitative estimate of drug-likeness (QED) is 0.756. The lowest BCUT2D eigenvalue weighted by atomic mass is 10.1. The Morgan fingerprint density at radius 3 is 1.50 bits per heavy atom. The van der Waals surface area contributed by atoms with Gasteiger partial charge in [0.1, 0.15) is 13.2 Å². The molecular weight excluding hydrogens is 264 g/mol. The molecule has 6 nitrogen and oxygen atoms in total. The third-order valence-electron chi connectivity index (χ3n) is 2.75. The molecule has 1 aromatic carbocycles. The number of carbonyl (C=O) groups is 2. The van der Waals surface area contributed by atoms with Crippen LogP contribution in [0.4, 0.5) is 0 Å². The van der Waals surface area contributed by atoms with Crippen LogP contribution in [0.25, 0.3) is 0 Å². The molecule has 0 spiro atoms. The van der Waals surface area contributed by atoms with Crippen molar-refractivity contribution < 1.29 is 28.5 Å². The summed E-state index contributed by atoms with van der Waals surface area (Å²) >= 11 is 0. The maximum absolute atomic E-state index is 11.1.